The summed E-state index contributed by atoms with van der Waals surface area (Å²) in [5.41, 5.74) is 18.5. The Labute approximate surface area is 326 Å². The third kappa shape index (κ3) is 4.98. The molecule has 3 heteroatoms. The van der Waals surface area contributed by atoms with Crippen LogP contribution in [0.2, 0.25) is 0 Å². The van der Waals surface area contributed by atoms with Gasteiger partial charge in [-0.3, -0.25) is 0 Å². The zero-order chi connectivity index (χ0) is 37.4. The first-order chi connectivity index (χ1) is 27.5. The fourth-order valence-electron chi connectivity index (χ4n) is 9.12. The molecule has 1 aliphatic rings. The SMILES string of the molecule is CC1(C)c2cc(-c3ccc4c(c3)c3ccccc3n4-c3cccc(-c4ccccc4)c3)ccc2-c2c(-c3cc(-c4ccccc4)c4cccnc4n3)cccc21. The lowest BCUT2D eigenvalue weighted by atomic mass is 9.81. The van der Waals surface area contributed by atoms with Gasteiger partial charge in [-0.05, 0) is 110 Å². The van der Waals surface area contributed by atoms with Crippen molar-refractivity contribution >= 4 is 32.8 Å². The van der Waals surface area contributed by atoms with E-state index in [0.29, 0.717) is 0 Å². The summed E-state index contributed by atoms with van der Waals surface area (Å²) in [6.07, 6.45) is 1.84. The Bertz CT molecular complexity index is 3150. The van der Waals surface area contributed by atoms with E-state index in [2.05, 4.69) is 194 Å². The van der Waals surface area contributed by atoms with Crippen molar-refractivity contribution in [2.75, 3.05) is 0 Å². The Balaban J connectivity index is 1.04. The summed E-state index contributed by atoms with van der Waals surface area (Å²) in [7, 11) is 0. The molecule has 3 aromatic heterocycles. The van der Waals surface area contributed by atoms with E-state index in [1.54, 1.807) is 0 Å². The molecular weight excluding hydrogens is 679 g/mol. The summed E-state index contributed by atoms with van der Waals surface area (Å²) in [6.45, 7) is 4.72. The molecule has 0 amide bonds. The number of fused-ring (bicyclic) bond motifs is 7. The summed E-state index contributed by atoms with van der Waals surface area (Å²) in [6, 6.07) is 66.0. The first kappa shape index (κ1) is 32.3. The van der Waals surface area contributed by atoms with Crippen molar-refractivity contribution in [1.29, 1.82) is 0 Å². The van der Waals surface area contributed by atoms with Gasteiger partial charge in [-0.1, -0.05) is 141 Å². The summed E-state index contributed by atoms with van der Waals surface area (Å²) in [4.78, 5) is 9.91. The molecule has 0 atom stereocenters. The van der Waals surface area contributed by atoms with Gasteiger partial charge in [-0.15, -0.1) is 0 Å². The molecule has 7 aromatic carbocycles. The van der Waals surface area contributed by atoms with Crippen LogP contribution in [0.1, 0.15) is 25.0 Å². The molecule has 3 heterocycles. The topological polar surface area (TPSA) is 30.7 Å². The molecule has 3 nitrogen and oxygen atoms in total. The minimum atomic E-state index is -0.196. The zero-order valence-corrected chi connectivity index (χ0v) is 31.2. The Hall–Kier alpha value is -7.10. The molecule has 0 saturated carbocycles. The molecule has 0 aliphatic heterocycles. The van der Waals surface area contributed by atoms with Crippen LogP contribution >= 0.6 is 0 Å². The first-order valence-electron chi connectivity index (χ1n) is 19.3. The van der Waals surface area contributed by atoms with Gasteiger partial charge in [-0.2, -0.15) is 0 Å². The Morgan fingerprint density at radius 2 is 1.11 bits per heavy atom. The number of para-hydroxylation sites is 1. The van der Waals surface area contributed by atoms with E-state index in [1.807, 2.05) is 12.3 Å². The molecule has 0 saturated heterocycles. The van der Waals surface area contributed by atoms with Gasteiger partial charge in [0, 0.05) is 39.0 Å². The van der Waals surface area contributed by atoms with Crippen molar-refractivity contribution in [1.82, 2.24) is 14.5 Å². The number of hydrogen-bond acceptors (Lipinski definition) is 2. The van der Waals surface area contributed by atoms with Crippen LogP contribution in [-0.4, -0.2) is 14.5 Å². The zero-order valence-electron chi connectivity index (χ0n) is 31.2. The minimum absolute atomic E-state index is 0.196. The smallest absolute Gasteiger partial charge is 0.160 e. The van der Waals surface area contributed by atoms with E-state index in [-0.39, 0.29) is 5.41 Å². The molecule has 0 bridgehead atoms. The fraction of sp³-hybridized carbons (Fsp3) is 0.0566. The van der Waals surface area contributed by atoms with Crippen LogP contribution in [0.15, 0.2) is 188 Å². The molecule has 1 aliphatic carbocycles. The van der Waals surface area contributed by atoms with Crippen molar-refractivity contribution in [2.24, 2.45) is 0 Å². The first-order valence-corrected chi connectivity index (χ1v) is 19.3. The summed E-state index contributed by atoms with van der Waals surface area (Å²) in [5.74, 6) is 0. The number of aromatic nitrogens is 3. The van der Waals surface area contributed by atoms with E-state index in [9.17, 15) is 0 Å². The van der Waals surface area contributed by atoms with E-state index in [1.165, 1.54) is 66.3 Å². The van der Waals surface area contributed by atoms with Crippen molar-refractivity contribution in [3.05, 3.63) is 199 Å². The standard InChI is InChI=1S/C53H37N3/c1-53(2)46-23-12-21-43(48-33-44(35-16-7-4-8-17-35)41-22-13-29-54-52(41)55-48)51(46)42-27-25-38(32-47(42)53)37-26-28-50-45(31-37)40-20-9-10-24-49(40)56(50)39-19-11-18-36(30-39)34-14-5-3-6-15-34/h3-33H,1-2H3. The van der Waals surface area contributed by atoms with E-state index < -0.39 is 0 Å². The monoisotopic (exact) mass is 715 g/mol. The third-order valence-corrected chi connectivity index (χ3v) is 11.9. The molecule has 10 aromatic rings. The van der Waals surface area contributed by atoms with Gasteiger partial charge in [0.2, 0.25) is 0 Å². The lowest BCUT2D eigenvalue weighted by molar-refractivity contribution is 0.660. The van der Waals surface area contributed by atoms with Crippen molar-refractivity contribution in [3.63, 3.8) is 0 Å². The molecule has 264 valence electrons. The molecule has 0 unspecified atom stereocenters. The summed E-state index contributed by atoms with van der Waals surface area (Å²) in [5, 5.41) is 3.56. The van der Waals surface area contributed by atoms with Crippen LogP contribution in [0.5, 0.6) is 0 Å². The van der Waals surface area contributed by atoms with Crippen molar-refractivity contribution in [2.45, 2.75) is 19.3 Å². The van der Waals surface area contributed by atoms with Crippen LogP contribution in [0.25, 0.3) is 94.3 Å². The van der Waals surface area contributed by atoms with Gasteiger partial charge in [0.05, 0.1) is 16.7 Å². The second-order valence-corrected chi connectivity index (χ2v) is 15.4. The molecular formula is C53H37N3. The van der Waals surface area contributed by atoms with Crippen LogP contribution in [0.4, 0.5) is 0 Å². The van der Waals surface area contributed by atoms with Crippen molar-refractivity contribution < 1.29 is 0 Å². The highest BCUT2D eigenvalue weighted by Gasteiger charge is 2.37. The second kappa shape index (κ2) is 12.5. The summed E-state index contributed by atoms with van der Waals surface area (Å²) >= 11 is 0. The lowest BCUT2D eigenvalue weighted by Gasteiger charge is -2.22. The second-order valence-electron chi connectivity index (χ2n) is 15.4. The molecule has 56 heavy (non-hydrogen) atoms. The molecule has 0 spiro atoms. The van der Waals surface area contributed by atoms with E-state index in [4.69, 9.17) is 9.97 Å². The lowest BCUT2D eigenvalue weighted by Crippen LogP contribution is -2.15. The average molecular weight is 716 g/mol. The number of benzene rings is 7. The quantitative estimate of drug-likeness (QED) is 0.178. The number of rotatable bonds is 5. The van der Waals surface area contributed by atoms with Gasteiger partial charge in [-0.25, -0.2) is 9.97 Å². The van der Waals surface area contributed by atoms with Gasteiger partial charge >= 0.3 is 0 Å². The maximum Gasteiger partial charge on any atom is 0.160 e. The van der Waals surface area contributed by atoms with Crippen LogP contribution in [0, 0.1) is 0 Å². The van der Waals surface area contributed by atoms with E-state index in [0.717, 1.165) is 39.1 Å². The molecule has 0 radical (unpaired) electrons. The van der Waals surface area contributed by atoms with Gasteiger partial charge in [0.1, 0.15) is 0 Å². The van der Waals surface area contributed by atoms with Gasteiger partial charge in [0.25, 0.3) is 0 Å². The predicted octanol–water partition coefficient (Wildman–Crippen LogP) is 13.7. The Morgan fingerprint density at radius 1 is 0.429 bits per heavy atom. The molecule has 0 N–H and O–H groups in total. The maximum absolute atomic E-state index is 5.18. The third-order valence-electron chi connectivity index (χ3n) is 11.9. The van der Waals surface area contributed by atoms with E-state index >= 15 is 0 Å². The molecule has 11 rings (SSSR count). The molecule has 0 fully saturated rings. The van der Waals surface area contributed by atoms with Crippen LogP contribution < -0.4 is 0 Å². The average Bonchev–Trinajstić information content (AvgIpc) is 3.71. The number of nitrogens with zero attached hydrogens (tertiary/aromatic N) is 3. The minimum Gasteiger partial charge on any atom is -0.309 e. The number of hydrogen-bond donors (Lipinski definition) is 0. The van der Waals surface area contributed by atoms with Crippen LogP contribution in [-0.2, 0) is 5.41 Å². The highest BCUT2D eigenvalue weighted by Crippen LogP contribution is 2.53. The van der Waals surface area contributed by atoms with Gasteiger partial charge in [0.15, 0.2) is 5.65 Å². The highest BCUT2D eigenvalue weighted by atomic mass is 15.0. The highest BCUT2D eigenvalue weighted by molar-refractivity contribution is 6.10. The Morgan fingerprint density at radius 3 is 1.96 bits per heavy atom. The maximum atomic E-state index is 5.18. The number of pyridine rings is 2. The Kier molecular flexibility index (Phi) is 7.20. The van der Waals surface area contributed by atoms with Crippen LogP contribution in [0.3, 0.4) is 0 Å². The van der Waals surface area contributed by atoms with Gasteiger partial charge < -0.3 is 4.57 Å². The normalized spacial score (nSPS) is 13.0. The fourth-order valence-corrected chi connectivity index (χ4v) is 9.12. The predicted molar refractivity (Wildman–Crippen MR) is 233 cm³/mol. The van der Waals surface area contributed by atoms with Crippen molar-refractivity contribution in [3.8, 4) is 61.5 Å². The largest absolute Gasteiger partial charge is 0.309 e. The summed E-state index contributed by atoms with van der Waals surface area (Å²) < 4.78 is 2.41.